The number of hydrogen-bond acceptors (Lipinski definition) is 5. The van der Waals surface area contributed by atoms with Crippen molar-refractivity contribution in [1.29, 1.82) is 0 Å². The second-order valence-corrected chi connectivity index (χ2v) is 3.84. The standard InChI is InChI=1S/C12H17N3O3/c1-8(16)15-11(12(17)18-2)6-10-5-9(7-13)3-4-14-10/h3-5,11H,6-7,13H2,1-2H3,(H,15,16)/t11-/m0/s1. The minimum Gasteiger partial charge on any atom is -0.467 e. The van der Waals surface area contributed by atoms with Crippen LogP contribution in [0.25, 0.3) is 0 Å². The second-order valence-electron chi connectivity index (χ2n) is 3.84. The van der Waals surface area contributed by atoms with E-state index in [1.807, 2.05) is 0 Å². The molecule has 18 heavy (non-hydrogen) atoms. The summed E-state index contributed by atoms with van der Waals surface area (Å²) in [5, 5.41) is 2.53. The first-order valence-corrected chi connectivity index (χ1v) is 5.55. The van der Waals surface area contributed by atoms with Crippen molar-refractivity contribution >= 4 is 11.9 Å². The van der Waals surface area contributed by atoms with Crippen molar-refractivity contribution in [1.82, 2.24) is 10.3 Å². The van der Waals surface area contributed by atoms with E-state index in [-0.39, 0.29) is 12.3 Å². The summed E-state index contributed by atoms with van der Waals surface area (Å²) >= 11 is 0. The Morgan fingerprint density at radius 3 is 2.83 bits per heavy atom. The predicted octanol–water partition coefficient (Wildman–Crippen LogP) is -0.240. The molecule has 1 amide bonds. The molecule has 0 fully saturated rings. The van der Waals surface area contributed by atoms with Crippen molar-refractivity contribution < 1.29 is 14.3 Å². The van der Waals surface area contributed by atoms with E-state index in [0.717, 1.165) is 5.56 Å². The molecule has 0 bridgehead atoms. The van der Waals surface area contributed by atoms with E-state index >= 15 is 0 Å². The SMILES string of the molecule is COC(=O)[C@H](Cc1cc(CN)ccn1)NC(C)=O. The molecule has 0 aliphatic rings. The molecule has 6 heteroatoms. The monoisotopic (exact) mass is 251 g/mol. The zero-order valence-electron chi connectivity index (χ0n) is 10.5. The van der Waals surface area contributed by atoms with Crippen LogP contribution in [0.5, 0.6) is 0 Å². The highest BCUT2D eigenvalue weighted by Crippen LogP contribution is 2.05. The van der Waals surface area contributed by atoms with Crippen LogP contribution in [0, 0.1) is 0 Å². The van der Waals surface area contributed by atoms with Gasteiger partial charge in [0.1, 0.15) is 6.04 Å². The topological polar surface area (TPSA) is 94.3 Å². The molecule has 98 valence electrons. The van der Waals surface area contributed by atoms with Crippen LogP contribution in [0.15, 0.2) is 18.3 Å². The Kier molecular flexibility index (Phi) is 5.26. The normalized spacial score (nSPS) is 11.7. The van der Waals surface area contributed by atoms with E-state index in [2.05, 4.69) is 15.0 Å². The molecule has 1 rings (SSSR count). The molecule has 0 spiro atoms. The molecule has 0 aliphatic heterocycles. The van der Waals surface area contributed by atoms with Gasteiger partial charge in [-0.05, 0) is 17.7 Å². The zero-order chi connectivity index (χ0) is 13.5. The van der Waals surface area contributed by atoms with E-state index in [9.17, 15) is 9.59 Å². The van der Waals surface area contributed by atoms with Crippen molar-refractivity contribution in [2.24, 2.45) is 5.73 Å². The maximum Gasteiger partial charge on any atom is 0.328 e. The molecule has 0 aromatic carbocycles. The van der Waals surface area contributed by atoms with Gasteiger partial charge in [-0.25, -0.2) is 4.79 Å². The average molecular weight is 251 g/mol. The fourth-order valence-corrected chi connectivity index (χ4v) is 1.56. The maximum absolute atomic E-state index is 11.5. The molecule has 1 heterocycles. The third-order valence-corrected chi connectivity index (χ3v) is 2.39. The minimum atomic E-state index is -0.729. The number of carbonyl (C=O) groups excluding carboxylic acids is 2. The Hall–Kier alpha value is -1.95. The number of nitrogens with one attached hydrogen (secondary N) is 1. The summed E-state index contributed by atoms with van der Waals surface area (Å²) in [6.45, 7) is 1.75. The summed E-state index contributed by atoms with van der Waals surface area (Å²) in [4.78, 5) is 26.7. The fourth-order valence-electron chi connectivity index (χ4n) is 1.56. The van der Waals surface area contributed by atoms with Crippen molar-refractivity contribution in [2.45, 2.75) is 25.9 Å². The lowest BCUT2D eigenvalue weighted by Gasteiger charge is -2.15. The summed E-state index contributed by atoms with van der Waals surface area (Å²) in [5.74, 6) is -0.787. The number of methoxy groups -OCH3 is 1. The van der Waals surface area contributed by atoms with Crippen LogP contribution in [-0.4, -0.2) is 30.0 Å². The summed E-state index contributed by atoms with van der Waals surface area (Å²) in [6, 6.07) is 2.88. The van der Waals surface area contributed by atoms with E-state index in [0.29, 0.717) is 12.2 Å². The first kappa shape index (κ1) is 14.1. The van der Waals surface area contributed by atoms with Gasteiger partial charge in [-0.15, -0.1) is 0 Å². The van der Waals surface area contributed by atoms with Crippen LogP contribution in [0.1, 0.15) is 18.2 Å². The van der Waals surface area contributed by atoms with Crippen molar-refractivity contribution in [3.05, 3.63) is 29.6 Å². The number of amides is 1. The molecule has 0 saturated carbocycles. The molecular weight excluding hydrogens is 234 g/mol. The van der Waals surface area contributed by atoms with Crippen molar-refractivity contribution in [3.8, 4) is 0 Å². The lowest BCUT2D eigenvalue weighted by Crippen LogP contribution is -2.42. The van der Waals surface area contributed by atoms with Crippen LogP contribution in [0.4, 0.5) is 0 Å². The van der Waals surface area contributed by atoms with Crippen molar-refractivity contribution in [2.75, 3.05) is 7.11 Å². The average Bonchev–Trinajstić information content (AvgIpc) is 2.36. The molecule has 1 aromatic heterocycles. The Morgan fingerprint density at radius 2 is 2.28 bits per heavy atom. The fraction of sp³-hybridized carbons (Fsp3) is 0.417. The van der Waals surface area contributed by atoms with Gasteiger partial charge in [0.25, 0.3) is 0 Å². The number of esters is 1. The summed E-state index contributed by atoms with van der Waals surface area (Å²) in [5.41, 5.74) is 7.13. The van der Waals surface area contributed by atoms with Gasteiger partial charge < -0.3 is 15.8 Å². The Labute approximate surface area is 106 Å². The van der Waals surface area contributed by atoms with Gasteiger partial charge in [-0.1, -0.05) is 0 Å². The van der Waals surface area contributed by atoms with Gasteiger partial charge in [0.15, 0.2) is 0 Å². The zero-order valence-corrected chi connectivity index (χ0v) is 10.5. The van der Waals surface area contributed by atoms with Crippen LogP contribution >= 0.6 is 0 Å². The van der Waals surface area contributed by atoms with Gasteiger partial charge in [0, 0.05) is 31.8 Å². The second kappa shape index (κ2) is 6.70. The Bertz CT molecular complexity index is 434. The number of nitrogens with two attached hydrogens (primary N) is 1. The van der Waals surface area contributed by atoms with Gasteiger partial charge in [0.2, 0.25) is 5.91 Å². The Balaban J connectivity index is 2.81. The summed E-state index contributed by atoms with van der Waals surface area (Å²) in [6.07, 6.45) is 1.90. The number of rotatable bonds is 5. The molecule has 0 aliphatic carbocycles. The highest BCUT2D eigenvalue weighted by Gasteiger charge is 2.21. The quantitative estimate of drug-likeness (QED) is 0.704. The van der Waals surface area contributed by atoms with Crippen LogP contribution in [0.3, 0.4) is 0 Å². The smallest absolute Gasteiger partial charge is 0.328 e. The van der Waals surface area contributed by atoms with Gasteiger partial charge >= 0.3 is 5.97 Å². The lowest BCUT2D eigenvalue weighted by atomic mass is 10.1. The van der Waals surface area contributed by atoms with Gasteiger partial charge in [0.05, 0.1) is 7.11 Å². The number of hydrogen-bond donors (Lipinski definition) is 2. The number of nitrogens with zero attached hydrogens (tertiary/aromatic N) is 1. The van der Waals surface area contributed by atoms with Crippen LogP contribution < -0.4 is 11.1 Å². The molecule has 0 unspecified atom stereocenters. The number of aromatic nitrogens is 1. The molecule has 0 saturated heterocycles. The molecule has 1 atom stereocenters. The maximum atomic E-state index is 11.5. The van der Waals surface area contributed by atoms with Gasteiger partial charge in [-0.2, -0.15) is 0 Å². The first-order valence-electron chi connectivity index (χ1n) is 5.55. The third-order valence-electron chi connectivity index (χ3n) is 2.39. The largest absolute Gasteiger partial charge is 0.467 e. The van der Waals surface area contributed by atoms with E-state index in [4.69, 9.17) is 5.73 Å². The van der Waals surface area contributed by atoms with E-state index in [1.54, 1.807) is 18.3 Å². The van der Waals surface area contributed by atoms with Crippen LogP contribution in [-0.2, 0) is 27.3 Å². The van der Waals surface area contributed by atoms with Crippen LogP contribution in [0.2, 0.25) is 0 Å². The molecule has 1 aromatic rings. The summed E-state index contributed by atoms with van der Waals surface area (Å²) in [7, 11) is 1.28. The first-order chi connectivity index (χ1) is 8.56. The highest BCUT2D eigenvalue weighted by atomic mass is 16.5. The highest BCUT2D eigenvalue weighted by molar-refractivity contribution is 5.83. The Morgan fingerprint density at radius 1 is 1.56 bits per heavy atom. The van der Waals surface area contributed by atoms with Gasteiger partial charge in [-0.3, -0.25) is 9.78 Å². The predicted molar refractivity (Wildman–Crippen MR) is 65.5 cm³/mol. The molecule has 6 nitrogen and oxygen atoms in total. The molecule has 3 N–H and O–H groups in total. The van der Waals surface area contributed by atoms with Crippen molar-refractivity contribution in [3.63, 3.8) is 0 Å². The molecule has 0 radical (unpaired) electrons. The number of carbonyl (C=O) groups is 2. The summed E-state index contributed by atoms with van der Waals surface area (Å²) < 4.78 is 4.64. The lowest BCUT2D eigenvalue weighted by molar-refractivity contribution is -0.144. The third kappa shape index (κ3) is 4.14. The minimum absolute atomic E-state index is 0.278. The van der Waals surface area contributed by atoms with E-state index in [1.165, 1.54) is 14.0 Å². The number of ether oxygens (including phenoxy) is 1. The number of pyridine rings is 1. The van der Waals surface area contributed by atoms with E-state index < -0.39 is 12.0 Å². The molecular formula is C12H17N3O3.